The molecule has 19 heavy (non-hydrogen) atoms. The molecule has 0 spiro atoms. The van der Waals surface area contributed by atoms with Crippen LogP contribution in [0.4, 0.5) is 0 Å². The Morgan fingerprint density at radius 1 is 1.42 bits per heavy atom. The lowest BCUT2D eigenvalue weighted by Crippen LogP contribution is -2.43. The van der Waals surface area contributed by atoms with Gasteiger partial charge >= 0.3 is 5.97 Å². The second-order valence-corrected chi connectivity index (χ2v) is 5.82. The fourth-order valence-electron chi connectivity index (χ4n) is 1.85. The van der Waals surface area contributed by atoms with Crippen molar-refractivity contribution in [3.05, 3.63) is 33.4 Å². The number of benzene rings is 1. The fourth-order valence-corrected chi connectivity index (χ4v) is 2.46. The Morgan fingerprint density at radius 2 is 2.11 bits per heavy atom. The van der Waals surface area contributed by atoms with Gasteiger partial charge < -0.3 is 10.1 Å². The van der Waals surface area contributed by atoms with E-state index in [2.05, 4.69) is 27.9 Å². The van der Waals surface area contributed by atoms with E-state index in [0.29, 0.717) is 6.42 Å². The van der Waals surface area contributed by atoms with Crippen LogP contribution in [0, 0.1) is 9.49 Å². The van der Waals surface area contributed by atoms with Crippen LogP contribution in [0.2, 0.25) is 0 Å². The van der Waals surface area contributed by atoms with E-state index in [-0.39, 0.29) is 11.8 Å². The number of methoxy groups -OCH3 is 1. The summed E-state index contributed by atoms with van der Waals surface area (Å²) in [6, 6.07) is 7.21. The van der Waals surface area contributed by atoms with Gasteiger partial charge in [-0.3, -0.25) is 4.79 Å². The highest BCUT2D eigenvalue weighted by molar-refractivity contribution is 14.1. The zero-order valence-electron chi connectivity index (χ0n) is 10.7. The molecular weight excluding hydrogens is 357 g/mol. The van der Waals surface area contributed by atoms with Crippen molar-refractivity contribution >= 4 is 34.5 Å². The van der Waals surface area contributed by atoms with Gasteiger partial charge in [0.2, 0.25) is 5.91 Å². The third-order valence-electron chi connectivity index (χ3n) is 3.13. The SMILES string of the molecule is COC(=O)[C@H](Cc1ccccc1I)NC(=O)C1CC1. The largest absolute Gasteiger partial charge is 0.467 e. The van der Waals surface area contributed by atoms with Crippen LogP contribution in [0.5, 0.6) is 0 Å². The molecule has 1 N–H and O–H groups in total. The Balaban J connectivity index is 2.07. The predicted octanol–water partition coefficient (Wildman–Crippen LogP) is 1.90. The molecule has 0 radical (unpaired) electrons. The van der Waals surface area contributed by atoms with Crippen LogP contribution in [-0.4, -0.2) is 25.0 Å². The van der Waals surface area contributed by atoms with Crippen LogP contribution in [0.1, 0.15) is 18.4 Å². The number of halogens is 1. The van der Waals surface area contributed by atoms with E-state index in [1.807, 2.05) is 24.3 Å². The summed E-state index contributed by atoms with van der Waals surface area (Å²) in [6.45, 7) is 0. The van der Waals surface area contributed by atoms with Gasteiger partial charge in [-0.1, -0.05) is 18.2 Å². The van der Waals surface area contributed by atoms with E-state index in [9.17, 15) is 9.59 Å². The Morgan fingerprint density at radius 3 is 2.68 bits per heavy atom. The monoisotopic (exact) mass is 373 g/mol. The number of esters is 1. The number of carbonyl (C=O) groups excluding carboxylic acids is 2. The van der Waals surface area contributed by atoms with Crippen LogP contribution < -0.4 is 5.32 Å². The Hall–Kier alpha value is -1.11. The first-order chi connectivity index (χ1) is 9.11. The second-order valence-electron chi connectivity index (χ2n) is 4.65. The molecule has 1 saturated carbocycles. The highest BCUT2D eigenvalue weighted by atomic mass is 127. The molecule has 1 aliphatic rings. The van der Waals surface area contributed by atoms with E-state index in [0.717, 1.165) is 22.0 Å². The predicted molar refractivity (Wildman–Crippen MR) is 79.5 cm³/mol. The average Bonchev–Trinajstić information content (AvgIpc) is 3.23. The summed E-state index contributed by atoms with van der Waals surface area (Å²) in [6.07, 6.45) is 2.30. The number of carbonyl (C=O) groups is 2. The summed E-state index contributed by atoms with van der Waals surface area (Å²) in [5, 5.41) is 2.79. The minimum atomic E-state index is -0.603. The van der Waals surface area contributed by atoms with Crippen molar-refractivity contribution in [1.82, 2.24) is 5.32 Å². The summed E-state index contributed by atoms with van der Waals surface area (Å²) in [5.41, 5.74) is 1.04. The van der Waals surface area contributed by atoms with Crippen LogP contribution in [0.3, 0.4) is 0 Å². The zero-order valence-corrected chi connectivity index (χ0v) is 12.8. The van der Waals surface area contributed by atoms with Crippen molar-refractivity contribution in [3.63, 3.8) is 0 Å². The van der Waals surface area contributed by atoms with Crippen molar-refractivity contribution in [1.29, 1.82) is 0 Å². The number of amides is 1. The molecule has 0 heterocycles. The topological polar surface area (TPSA) is 55.4 Å². The minimum absolute atomic E-state index is 0.0404. The van der Waals surface area contributed by atoms with Gasteiger partial charge in [-0.15, -0.1) is 0 Å². The third-order valence-corrected chi connectivity index (χ3v) is 4.18. The quantitative estimate of drug-likeness (QED) is 0.634. The van der Waals surface area contributed by atoms with Gasteiger partial charge in [0, 0.05) is 15.9 Å². The molecule has 102 valence electrons. The van der Waals surface area contributed by atoms with Gasteiger partial charge in [-0.25, -0.2) is 4.79 Å². The molecule has 1 aromatic rings. The Kier molecular flexibility index (Phi) is 4.79. The highest BCUT2D eigenvalue weighted by Gasteiger charge is 2.33. The summed E-state index contributed by atoms with van der Waals surface area (Å²) >= 11 is 2.22. The lowest BCUT2D eigenvalue weighted by atomic mass is 10.1. The lowest BCUT2D eigenvalue weighted by molar-refractivity contribution is -0.145. The smallest absolute Gasteiger partial charge is 0.328 e. The Bertz CT molecular complexity index is 485. The number of rotatable bonds is 5. The molecule has 1 amide bonds. The summed E-state index contributed by atoms with van der Waals surface area (Å²) in [4.78, 5) is 23.6. The molecule has 4 nitrogen and oxygen atoms in total. The minimum Gasteiger partial charge on any atom is -0.467 e. The molecule has 5 heteroatoms. The third kappa shape index (κ3) is 3.92. The van der Waals surface area contributed by atoms with Gasteiger partial charge in [-0.2, -0.15) is 0 Å². The standard InChI is InChI=1S/C14H16INO3/c1-19-14(18)12(16-13(17)9-6-7-9)8-10-4-2-3-5-11(10)15/h2-5,9,12H,6-8H2,1H3,(H,16,17)/t12-/m0/s1. The molecule has 2 rings (SSSR count). The molecule has 1 aromatic carbocycles. The van der Waals surface area contributed by atoms with Crippen LogP contribution in [-0.2, 0) is 20.7 Å². The molecule has 0 bridgehead atoms. The van der Waals surface area contributed by atoms with E-state index in [1.165, 1.54) is 7.11 Å². The van der Waals surface area contributed by atoms with Crippen molar-refractivity contribution in [2.75, 3.05) is 7.11 Å². The maximum absolute atomic E-state index is 11.8. The normalized spacial score (nSPS) is 15.7. The molecule has 0 saturated heterocycles. The number of hydrogen-bond donors (Lipinski definition) is 1. The molecule has 0 aromatic heterocycles. The van der Waals surface area contributed by atoms with E-state index >= 15 is 0 Å². The van der Waals surface area contributed by atoms with Crippen LogP contribution >= 0.6 is 22.6 Å². The van der Waals surface area contributed by atoms with Crippen molar-refractivity contribution in [2.24, 2.45) is 5.92 Å². The maximum Gasteiger partial charge on any atom is 0.328 e. The van der Waals surface area contributed by atoms with Gasteiger partial charge in [0.1, 0.15) is 6.04 Å². The molecule has 0 unspecified atom stereocenters. The Labute approximate surface area is 126 Å². The number of ether oxygens (including phenoxy) is 1. The fraction of sp³-hybridized carbons (Fsp3) is 0.429. The number of hydrogen-bond acceptors (Lipinski definition) is 3. The van der Waals surface area contributed by atoms with E-state index < -0.39 is 12.0 Å². The van der Waals surface area contributed by atoms with Crippen molar-refractivity contribution < 1.29 is 14.3 Å². The average molecular weight is 373 g/mol. The van der Waals surface area contributed by atoms with Gasteiger partial charge in [0.25, 0.3) is 0 Å². The maximum atomic E-state index is 11.8. The van der Waals surface area contributed by atoms with Crippen molar-refractivity contribution in [3.8, 4) is 0 Å². The lowest BCUT2D eigenvalue weighted by Gasteiger charge is -2.17. The first-order valence-corrected chi connectivity index (χ1v) is 7.31. The van der Waals surface area contributed by atoms with Gasteiger partial charge in [0.15, 0.2) is 0 Å². The van der Waals surface area contributed by atoms with Gasteiger partial charge in [-0.05, 0) is 47.1 Å². The van der Waals surface area contributed by atoms with Gasteiger partial charge in [0.05, 0.1) is 7.11 Å². The first kappa shape index (κ1) is 14.3. The summed E-state index contributed by atoms with van der Waals surface area (Å²) in [7, 11) is 1.34. The molecular formula is C14H16INO3. The summed E-state index contributed by atoms with van der Waals surface area (Å²) < 4.78 is 5.85. The van der Waals surface area contributed by atoms with Crippen molar-refractivity contribution in [2.45, 2.75) is 25.3 Å². The highest BCUT2D eigenvalue weighted by Crippen LogP contribution is 2.29. The molecule has 0 aliphatic heterocycles. The summed E-state index contributed by atoms with van der Waals surface area (Å²) in [5.74, 6) is -0.350. The number of nitrogens with one attached hydrogen (secondary N) is 1. The molecule has 1 atom stereocenters. The van der Waals surface area contributed by atoms with Crippen LogP contribution in [0.25, 0.3) is 0 Å². The molecule has 1 fully saturated rings. The van der Waals surface area contributed by atoms with E-state index in [4.69, 9.17) is 4.74 Å². The second kappa shape index (κ2) is 6.36. The first-order valence-electron chi connectivity index (χ1n) is 6.23. The van der Waals surface area contributed by atoms with Crippen LogP contribution in [0.15, 0.2) is 24.3 Å². The zero-order chi connectivity index (χ0) is 13.8. The van der Waals surface area contributed by atoms with E-state index in [1.54, 1.807) is 0 Å². The molecule has 1 aliphatic carbocycles.